The first-order valence-electron chi connectivity index (χ1n) is 4.77. The third-order valence-electron chi connectivity index (χ3n) is 1.56. The number of aromatic amines is 1. The number of ether oxygens (including phenoxy) is 1. The van der Waals surface area contributed by atoms with Crippen LogP contribution in [-0.4, -0.2) is 32.6 Å². The summed E-state index contributed by atoms with van der Waals surface area (Å²) in [6.07, 6.45) is 1.09. The molecule has 6 heteroatoms. The third-order valence-corrected chi connectivity index (χ3v) is 1.56. The fourth-order valence-corrected chi connectivity index (χ4v) is 1.03. The van der Waals surface area contributed by atoms with Crippen LogP contribution in [0.15, 0.2) is 6.20 Å². The Morgan fingerprint density at radius 1 is 1.50 bits per heavy atom. The summed E-state index contributed by atoms with van der Waals surface area (Å²) in [4.78, 5) is 28.3. The minimum absolute atomic E-state index is 0.0891. The van der Waals surface area contributed by atoms with Crippen LogP contribution >= 0.6 is 0 Å². The Kier molecular flexibility index (Phi) is 3.31. The summed E-state index contributed by atoms with van der Waals surface area (Å²) in [5.74, 6) is -1.35. The number of esters is 1. The van der Waals surface area contributed by atoms with Gasteiger partial charge in [-0.15, -0.1) is 0 Å². The Morgan fingerprint density at radius 3 is 2.62 bits per heavy atom. The maximum Gasteiger partial charge on any atom is 0.359 e. The molecule has 0 aliphatic rings. The molecule has 0 fully saturated rings. The van der Waals surface area contributed by atoms with Gasteiger partial charge in [0.25, 0.3) is 0 Å². The number of carboxylic acid groups (broad SMARTS) is 1. The van der Waals surface area contributed by atoms with E-state index in [0.717, 1.165) is 0 Å². The molecule has 1 rings (SSSR count). The van der Waals surface area contributed by atoms with E-state index in [-0.39, 0.29) is 17.9 Å². The zero-order valence-electron chi connectivity index (χ0n) is 9.40. The van der Waals surface area contributed by atoms with Crippen molar-refractivity contribution in [3.05, 3.63) is 17.7 Å². The Morgan fingerprint density at radius 2 is 2.12 bits per heavy atom. The molecular weight excluding hydrogens is 212 g/mol. The minimum atomic E-state index is -1.01. The summed E-state index contributed by atoms with van der Waals surface area (Å²) in [7, 11) is 0. The number of carboxylic acids is 1. The fraction of sp³-hybridized carbons (Fsp3) is 0.500. The topological polar surface area (TPSA) is 92.3 Å². The highest BCUT2D eigenvalue weighted by atomic mass is 16.6. The second kappa shape index (κ2) is 4.34. The second-order valence-corrected chi connectivity index (χ2v) is 4.30. The van der Waals surface area contributed by atoms with Gasteiger partial charge in [-0.05, 0) is 20.8 Å². The van der Waals surface area contributed by atoms with Crippen LogP contribution < -0.4 is 0 Å². The minimum Gasteiger partial charge on any atom is -0.481 e. The van der Waals surface area contributed by atoms with E-state index in [1.165, 1.54) is 6.20 Å². The van der Waals surface area contributed by atoms with Crippen LogP contribution in [0.25, 0.3) is 0 Å². The van der Waals surface area contributed by atoms with Gasteiger partial charge in [-0.25, -0.2) is 9.78 Å². The standard InChI is InChI=1S/C10H14N2O4/c1-10(2,3)16-9(15)6-5-11-7(12-6)4-8(13)14/h5H,4H2,1-3H3,(H,11,12)(H,13,14). The summed E-state index contributed by atoms with van der Waals surface area (Å²) in [6, 6.07) is 0. The van der Waals surface area contributed by atoms with Crippen molar-refractivity contribution >= 4 is 11.9 Å². The summed E-state index contributed by atoms with van der Waals surface area (Å²) in [5, 5.41) is 8.53. The maximum atomic E-state index is 11.5. The van der Waals surface area contributed by atoms with Crippen LogP contribution in [0.4, 0.5) is 0 Å². The molecule has 0 bridgehead atoms. The van der Waals surface area contributed by atoms with Crippen molar-refractivity contribution in [2.45, 2.75) is 32.8 Å². The van der Waals surface area contributed by atoms with Crippen LogP contribution in [0.1, 0.15) is 37.1 Å². The molecule has 0 aromatic carbocycles. The van der Waals surface area contributed by atoms with Crippen molar-refractivity contribution in [2.75, 3.05) is 0 Å². The van der Waals surface area contributed by atoms with Crippen LogP contribution in [-0.2, 0) is 16.0 Å². The lowest BCUT2D eigenvalue weighted by molar-refractivity contribution is -0.136. The molecule has 16 heavy (non-hydrogen) atoms. The molecule has 0 unspecified atom stereocenters. The first kappa shape index (κ1) is 12.2. The molecule has 0 radical (unpaired) electrons. The van der Waals surface area contributed by atoms with Gasteiger partial charge in [0.1, 0.15) is 17.8 Å². The van der Waals surface area contributed by atoms with Gasteiger partial charge in [-0.2, -0.15) is 0 Å². The number of H-pyrrole nitrogens is 1. The van der Waals surface area contributed by atoms with Gasteiger partial charge >= 0.3 is 11.9 Å². The van der Waals surface area contributed by atoms with Gasteiger partial charge in [0, 0.05) is 6.20 Å². The molecule has 1 aromatic rings. The molecule has 1 aromatic heterocycles. The fourth-order valence-electron chi connectivity index (χ4n) is 1.03. The Balaban J connectivity index is 2.71. The number of rotatable bonds is 3. The highest BCUT2D eigenvalue weighted by molar-refractivity contribution is 5.87. The number of aliphatic carboxylic acids is 1. The van der Waals surface area contributed by atoms with Crippen LogP contribution in [0.5, 0.6) is 0 Å². The first-order valence-corrected chi connectivity index (χ1v) is 4.77. The molecule has 0 amide bonds. The number of hydrogen-bond donors (Lipinski definition) is 2. The number of carbonyl (C=O) groups is 2. The van der Waals surface area contributed by atoms with E-state index in [2.05, 4.69) is 9.97 Å². The molecule has 0 saturated heterocycles. The molecule has 0 saturated carbocycles. The highest BCUT2D eigenvalue weighted by Gasteiger charge is 2.20. The number of imidazole rings is 1. The van der Waals surface area contributed by atoms with Crippen molar-refractivity contribution < 1.29 is 19.4 Å². The lowest BCUT2D eigenvalue weighted by atomic mass is 10.2. The Hall–Kier alpha value is -1.85. The number of carbonyl (C=O) groups excluding carboxylic acids is 1. The van der Waals surface area contributed by atoms with Crippen molar-refractivity contribution in [1.82, 2.24) is 9.97 Å². The monoisotopic (exact) mass is 226 g/mol. The van der Waals surface area contributed by atoms with Crippen LogP contribution in [0.2, 0.25) is 0 Å². The summed E-state index contributed by atoms with van der Waals surface area (Å²) < 4.78 is 5.07. The van der Waals surface area contributed by atoms with E-state index in [4.69, 9.17) is 9.84 Å². The molecule has 0 spiro atoms. The molecule has 1 heterocycles. The van der Waals surface area contributed by atoms with Crippen LogP contribution in [0.3, 0.4) is 0 Å². The lowest BCUT2D eigenvalue weighted by Crippen LogP contribution is -2.24. The van der Waals surface area contributed by atoms with E-state index >= 15 is 0 Å². The van der Waals surface area contributed by atoms with E-state index in [1.54, 1.807) is 20.8 Å². The smallest absolute Gasteiger partial charge is 0.359 e. The molecular formula is C10H14N2O4. The lowest BCUT2D eigenvalue weighted by Gasteiger charge is -2.18. The Bertz CT molecular complexity index is 403. The number of aromatic nitrogens is 2. The van der Waals surface area contributed by atoms with Gasteiger partial charge in [-0.3, -0.25) is 4.79 Å². The average molecular weight is 226 g/mol. The van der Waals surface area contributed by atoms with Gasteiger partial charge in [0.15, 0.2) is 5.69 Å². The molecule has 2 N–H and O–H groups in total. The van der Waals surface area contributed by atoms with Gasteiger partial charge in [-0.1, -0.05) is 0 Å². The third kappa shape index (κ3) is 3.72. The van der Waals surface area contributed by atoms with Crippen molar-refractivity contribution in [1.29, 1.82) is 0 Å². The van der Waals surface area contributed by atoms with Gasteiger partial charge in [0.05, 0.1) is 0 Å². The van der Waals surface area contributed by atoms with E-state index in [0.29, 0.717) is 0 Å². The molecule has 6 nitrogen and oxygen atoms in total. The van der Waals surface area contributed by atoms with Crippen molar-refractivity contribution in [3.63, 3.8) is 0 Å². The molecule has 0 atom stereocenters. The van der Waals surface area contributed by atoms with Gasteiger partial charge < -0.3 is 14.8 Å². The van der Waals surface area contributed by atoms with Gasteiger partial charge in [0.2, 0.25) is 0 Å². The first-order chi connectivity index (χ1) is 7.28. The van der Waals surface area contributed by atoms with Crippen molar-refractivity contribution in [2.24, 2.45) is 0 Å². The molecule has 0 aliphatic carbocycles. The number of hydrogen-bond acceptors (Lipinski definition) is 4. The van der Waals surface area contributed by atoms with Crippen LogP contribution in [0, 0.1) is 0 Å². The predicted octanol–water partition coefficient (Wildman–Crippen LogP) is 0.992. The normalized spacial score (nSPS) is 11.2. The SMILES string of the molecule is CC(C)(C)OC(=O)c1c[nH]c(CC(=O)O)n1. The predicted molar refractivity (Wildman–Crippen MR) is 55.1 cm³/mol. The van der Waals surface area contributed by atoms with E-state index < -0.39 is 17.5 Å². The number of nitrogens with zero attached hydrogens (tertiary/aromatic N) is 1. The number of nitrogens with one attached hydrogen (secondary N) is 1. The quantitative estimate of drug-likeness (QED) is 0.750. The zero-order valence-corrected chi connectivity index (χ0v) is 9.40. The maximum absolute atomic E-state index is 11.5. The summed E-state index contributed by atoms with van der Waals surface area (Å²) in [5.41, 5.74) is -0.505. The summed E-state index contributed by atoms with van der Waals surface area (Å²) in [6.45, 7) is 5.24. The van der Waals surface area contributed by atoms with Crippen molar-refractivity contribution in [3.8, 4) is 0 Å². The van der Waals surface area contributed by atoms with E-state index in [9.17, 15) is 9.59 Å². The largest absolute Gasteiger partial charge is 0.481 e. The zero-order chi connectivity index (χ0) is 12.3. The summed E-state index contributed by atoms with van der Waals surface area (Å²) >= 11 is 0. The second-order valence-electron chi connectivity index (χ2n) is 4.30. The molecule has 88 valence electrons. The average Bonchev–Trinajstić information content (AvgIpc) is 2.48. The Labute approximate surface area is 92.6 Å². The highest BCUT2D eigenvalue weighted by Crippen LogP contribution is 2.10. The van der Waals surface area contributed by atoms with E-state index in [1.807, 2.05) is 0 Å². The molecule has 0 aliphatic heterocycles.